The summed E-state index contributed by atoms with van der Waals surface area (Å²) in [6, 6.07) is 3.76. The number of hydrogen-bond acceptors (Lipinski definition) is 3. The minimum absolute atomic E-state index is 0.0463. The minimum atomic E-state index is -0.610. The van der Waals surface area contributed by atoms with Crippen LogP contribution in [0.5, 0.6) is 0 Å². The highest BCUT2D eigenvalue weighted by molar-refractivity contribution is 5.62. The van der Waals surface area contributed by atoms with Crippen molar-refractivity contribution in [3.8, 4) is 0 Å². The van der Waals surface area contributed by atoms with Gasteiger partial charge in [0.15, 0.2) is 5.82 Å². The smallest absolute Gasteiger partial charge is 0.295 e. The van der Waals surface area contributed by atoms with Gasteiger partial charge in [-0.05, 0) is 13.0 Å². The lowest BCUT2D eigenvalue weighted by Crippen LogP contribution is -2.03. The van der Waals surface area contributed by atoms with Crippen molar-refractivity contribution in [2.24, 2.45) is 0 Å². The number of para-hydroxylation sites is 1. The van der Waals surface area contributed by atoms with Crippen LogP contribution in [0.25, 0.3) is 0 Å². The second-order valence-electron chi connectivity index (χ2n) is 2.42. The molecule has 0 aromatic heterocycles. The summed E-state index contributed by atoms with van der Waals surface area (Å²) in [5.74, 6) is -0.601. The van der Waals surface area contributed by atoms with Crippen molar-refractivity contribution in [2.45, 2.75) is 6.92 Å². The van der Waals surface area contributed by atoms with Gasteiger partial charge in [-0.3, -0.25) is 10.1 Å². The minimum Gasteiger partial charge on any atom is -0.377 e. The van der Waals surface area contributed by atoms with Crippen LogP contribution in [0.3, 0.4) is 0 Å². The van der Waals surface area contributed by atoms with Crippen LogP contribution in [-0.4, -0.2) is 11.5 Å². The summed E-state index contributed by atoms with van der Waals surface area (Å²) >= 11 is 0. The zero-order valence-corrected chi connectivity index (χ0v) is 7.08. The average molecular weight is 184 g/mol. The van der Waals surface area contributed by atoms with Crippen LogP contribution in [-0.2, 0) is 0 Å². The molecule has 0 saturated carbocycles. The third kappa shape index (κ3) is 1.93. The van der Waals surface area contributed by atoms with E-state index in [1.54, 1.807) is 6.92 Å². The molecule has 13 heavy (non-hydrogen) atoms. The van der Waals surface area contributed by atoms with Crippen LogP contribution in [0.4, 0.5) is 15.8 Å². The lowest BCUT2D eigenvalue weighted by atomic mass is 10.2. The second kappa shape index (κ2) is 3.84. The summed E-state index contributed by atoms with van der Waals surface area (Å²) in [4.78, 5) is 9.84. The number of benzene rings is 1. The molecule has 70 valence electrons. The van der Waals surface area contributed by atoms with Gasteiger partial charge in [-0.2, -0.15) is 0 Å². The Hall–Kier alpha value is -1.65. The van der Waals surface area contributed by atoms with E-state index in [-0.39, 0.29) is 11.4 Å². The first-order valence-electron chi connectivity index (χ1n) is 3.83. The Balaban J connectivity index is 3.17. The Morgan fingerprint density at radius 1 is 1.62 bits per heavy atom. The lowest BCUT2D eigenvalue weighted by molar-refractivity contribution is -0.384. The first-order valence-corrected chi connectivity index (χ1v) is 3.83. The van der Waals surface area contributed by atoms with E-state index >= 15 is 0 Å². The Kier molecular flexibility index (Phi) is 2.79. The zero-order chi connectivity index (χ0) is 9.84. The first-order chi connectivity index (χ1) is 6.16. The van der Waals surface area contributed by atoms with E-state index in [1.807, 2.05) is 0 Å². The number of halogens is 1. The third-order valence-corrected chi connectivity index (χ3v) is 1.54. The van der Waals surface area contributed by atoms with Crippen molar-refractivity contribution >= 4 is 11.4 Å². The van der Waals surface area contributed by atoms with Crippen molar-refractivity contribution in [2.75, 3.05) is 11.9 Å². The van der Waals surface area contributed by atoms with Gasteiger partial charge in [0.1, 0.15) is 5.69 Å². The van der Waals surface area contributed by atoms with Crippen molar-refractivity contribution < 1.29 is 9.31 Å². The standard InChI is InChI=1S/C8H9FN2O2/c1-2-10-8-6(9)4-3-5-7(8)11(12)13/h3-5,10H,2H2,1H3. The summed E-state index contributed by atoms with van der Waals surface area (Å²) < 4.78 is 13.0. The zero-order valence-electron chi connectivity index (χ0n) is 7.08. The van der Waals surface area contributed by atoms with E-state index in [1.165, 1.54) is 18.2 Å². The molecule has 0 radical (unpaired) electrons. The van der Waals surface area contributed by atoms with Crippen molar-refractivity contribution in [3.63, 3.8) is 0 Å². The molecular weight excluding hydrogens is 175 g/mol. The van der Waals surface area contributed by atoms with Gasteiger partial charge in [0.2, 0.25) is 0 Å². The molecule has 0 aliphatic rings. The van der Waals surface area contributed by atoms with Gasteiger partial charge < -0.3 is 5.32 Å². The predicted molar refractivity (Wildman–Crippen MR) is 47.2 cm³/mol. The van der Waals surface area contributed by atoms with E-state index < -0.39 is 10.7 Å². The maximum absolute atomic E-state index is 13.0. The van der Waals surface area contributed by atoms with Crippen LogP contribution in [0.1, 0.15) is 6.92 Å². The van der Waals surface area contributed by atoms with Crippen LogP contribution in [0, 0.1) is 15.9 Å². The number of rotatable bonds is 3. The van der Waals surface area contributed by atoms with Gasteiger partial charge >= 0.3 is 0 Å². The number of nitro benzene ring substituents is 1. The van der Waals surface area contributed by atoms with Gasteiger partial charge in [-0.1, -0.05) is 6.07 Å². The number of hydrogen-bond donors (Lipinski definition) is 1. The second-order valence-corrected chi connectivity index (χ2v) is 2.42. The molecule has 0 unspecified atom stereocenters. The molecule has 0 atom stereocenters. The summed E-state index contributed by atoms with van der Waals surface area (Å²) in [6.07, 6.45) is 0. The van der Waals surface area contributed by atoms with Crippen molar-refractivity contribution in [1.29, 1.82) is 0 Å². The van der Waals surface area contributed by atoms with Crippen LogP contribution in [0.15, 0.2) is 18.2 Å². The molecule has 0 amide bonds. The van der Waals surface area contributed by atoms with Crippen molar-refractivity contribution in [1.82, 2.24) is 0 Å². The van der Waals surface area contributed by atoms with Gasteiger partial charge in [-0.15, -0.1) is 0 Å². The molecule has 4 nitrogen and oxygen atoms in total. The Bertz CT molecular complexity index is 328. The van der Waals surface area contributed by atoms with Crippen LogP contribution >= 0.6 is 0 Å². The normalized spacial score (nSPS) is 9.69. The van der Waals surface area contributed by atoms with Gasteiger partial charge in [0, 0.05) is 12.6 Å². The SMILES string of the molecule is CCNc1c(F)cccc1[N+](=O)[O-]. The van der Waals surface area contributed by atoms with E-state index in [0.717, 1.165) is 0 Å². The molecule has 1 aromatic rings. The highest BCUT2D eigenvalue weighted by Crippen LogP contribution is 2.26. The predicted octanol–water partition coefficient (Wildman–Crippen LogP) is 2.17. The largest absolute Gasteiger partial charge is 0.377 e. The Labute approximate surface area is 74.5 Å². The van der Waals surface area contributed by atoms with E-state index in [9.17, 15) is 14.5 Å². The monoisotopic (exact) mass is 184 g/mol. The fourth-order valence-corrected chi connectivity index (χ4v) is 1.02. The van der Waals surface area contributed by atoms with E-state index in [4.69, 9.17) is 0 Å². The molecule has 1 N–H and O–H groups in total. The van der Waals surface area contributed by atoms with Gasteiger partial charge in [-0.25, -0.2) is 4.39 Å². The number of nitrogens with one attached hydrogen (secondary N) is 1. The topological polar surface area (TPSA) is 55.2 Å². The third-order valence-electron chi connectivity index (χ3n) is 1.54. The highest BCUT2D eigenvalue weighted by Gasteiger charge is 2.16. The molecule has 0 aliphatic carbocycles. The summed E-state index contributed by atoms with van der Waals surface area (Å²) in [5.41, 5.74) is -0.281. The maximum atomic E-state index is 13.0. The fraction of sp³-hybridized carbons (Fsp3) is 0.250. The maximum Gasteiger partial charge on any atom is 0.295 e. The molecular formula is C8H9FN2O2. The molecule has 0 bridgehead atoms. The summed E-state index contributed by atoms with van der Waals surface area (Å²) in [7, 11) is 0. The number of nitrogens with zero attached hydrogens (tertiary/aromatic N) is 1. The first kappa shape index (κ1) is 9.44. The molecule has 0 fully saturated rings. The average Bonchev–Trinajstić information content (AvgIpc) is 2.08. The molecule has 1 aromatic carbocycles. The molecule has 1 rings (SSSR count). The molecule has 0 saturated heterocycles. The van der Waals surface area contributed by atoms with Gasteiger partial charge in [0.25, 0.3) is 5.69 Å². The fourth-order valence-electron chi connectivity index (χ4n) is 1.02. The Morgan fingerprint density at radius 3 is 2.85 bits per heavy atom. The van der Waals surface area contributed by atoms with Crippen LogP contribution in [0.2, 0.25) is 0 Å². The number of anilines is 1. The van der Waals surface area contributed by atoms with E-state index in [2.05, 4.69) is 5.32 Å². The Morgan fingerprint density at radius 2 is 2.31 bits per heavy atom. The van der Waals surface area contributed by atoms with E-state index in [0.29, 0.717) is 6.54 Å². The van der Waals surface area contributed by atoms with Crippen LogP contribution < -0.4 is 5.32 Å². The molecule has 0 heterocycles. The molecule has 0 aliphatic heterocycles. The van der Waals surface area contributed by atoms with Gasteiger partial charge in [0.05, 0.1) is 4.92 Å². The quantitative estimate of drug-likeness (QED) is 0.578. The molecule has 0 spiro atoms. The lowest BCUT2D eigenvalue weighted by Gasteiger charge is -2.04. The molecule has 5 heteroatoms. The summed E-state index contributed by atoms with van der Waals surface area (Å²) in [5, 5.41) is 13.1. The van der Waals surface area contributed by atoms with Crippen molar-refractivity contribution in [3.05, 3.63) is 34.1 Å². The highest BCUT2D eigenvalue weighted by atomic mass is 19.1. The number of nitro groups is 1. The summed E-state index contributed by atoms with van der Waals surface area (Å²) in [6.45, 7) is 2.19.